The Labute approximate surface area is 242 Å². The highest BCUT2D eigenvalue weighted by atomic mass is 35.5. The topological polar surface area (TPSA) is 153 Å². The predicted octanol–water partition coefficient (Wildman–Crippen LogP) is 2.51. The van der Waals surface area contributed by atoms with Gasteiger partial charge in [-0.25, -0.2) is 0 Å². The summed E-state index contributed by atoms with van der Waals surface area (Å²) in [5.41, 5.74) is 9.25. The molecule has 2 aromatic carbocycles. The molecule has 11 heteroatoms. The third-order valence-electron chi connectivity index (χ3n) is 7.70. The summed E-state index contributed by atoms with van der Waals surface area (Å²) in [6, 6.07) is 12.7. The first-order chi connectivity index (χ1) is 19.9. The van der Waals surface area contributed by atoms with E-state index >= 15 is 0 Å². The zero-order valence-corrected chi connectivity index (χ0v) is 23.2. The number of halogens is 1. The molecule has 1 saturated heterocycles. The number of nitrogens with one attached hydrogen (secondary N) is 4. The zero-order valence-electron chi connectivity index (χ0n) is 22.5. The van der Waals surface area contributed by atoms with Crippen molar-refractivity contribution in [3.05, 3.63) is 72.1 Å². The lowest BCUT2D eigenvalue weighted by Crippen LogP contribution is -2.60. The van der Waals surface area contributed by atoms with Gasteiger partial charge in [0.25, 0.3) is 0 Å². The summed E-state index contributed by atoms with van der Waals surface area (Å²) in [7, 11) is 0. The Kier molecular flexibility index (Phi) is 8.58. The van der Waals surface area contributed by atoms with Crippen molar-refractivity contribution in [3.8, 4) is 0 Å². The first-order valence-electron chi connectivity index (χ1n) is 13.7. The van der Waals surface area contributed by atoms with Crippen molar-refractivity contribution < 1.29 is 19.2 Å². The zero-order chi connectivity index (χ0) is 28.9. The molecule has 0 radical (unpaired) electrons. The molecule has 2 aromatic heterocycles. The molecule has 0 saturated carbocycles. The van der Waals surface area contributed by atoms with Gasteiger partial charge in [-0.15, -0.1) is 11.6 Å². The molecule has 1 fully saturated rings. The quantitative estimate of drug-likeness (QED) is 0.184. The van der Waals surface area contributed by atoms with Crippen LogP contribution in [0.2, 0.25) is 0 Å². The number of carbonyl (C=O) groups is 4. The van der Waals surface area contributed by atoms with Crippen LogP contribution in [0.1, 0.15) is 30.4 Å². The van der Waals surface area contributed by atoms with Crippen molar-refractivity contribution >= 4 is 57.0 Å². The number of carbonyl (C=O) groups excluding carboxylic acids is 4. The predicted molar refractivity (Wildman–Crippen MR) is 157 cm³/mol. The van der Waals surface area contributed by atoms with Gasteiger partial charge in [0.2, 0.25) is 23.6 Å². The number of H-pyrrole nitrogens is 2. The summed E-state index contributed by atoms with van der Waals surface area (Å²) in [6.45, 7) is 0.349. The molecule has 0 bridgehead atoms. The molecule has 214 valence electrons. The van der Waals surface area contributed by atoms with Crippen LogP contribution in [0.3, 0.4) is 0 Å². The van der Waals surface area contributed by atoms with Gasteiger partial charge in [-0.1, -0.05) is 36.4 Å². The van der Waals surface area contributed by atoms with Crippen LogP contribution in [0.5, 0.6) is 0 Å². The van der Waals surface area contributed by atoms with E-state index in [0.29, 0.717) is 19.4 Å². The van der Waals surface area contributed by atoms with E-state index < -0.39 is 35.8 Å². The second-order valence-corrected chi connectivity index (χ2v) is 10.7. The van der Waals surface area contributed by atoms with Crippen LogP contribution in [0.4, 0.5) is 0 Å². The maximum absolute atomic E-state index is 13.9. The molecule has 4 aromatic rings. The number of likely N-dealkylation sites (tertiary alicyclic amines) is 1. The molecule has 0 unspecified atom stereocenters. The van der Waals surface area contributed by atoms with Crippen LogP contribution < -0.4 is 16.4 Å². The van der Waals surface area contributed by atoms with Crippen molar-refractivity contribution in [2.75, 3.05) is 12.4 Å². The Balaban J connectivity index is 1.35. The first-order valence-corrected chi connectivity index (χ1v) is 14.2. The van der Waals surface area contributed by atoms with Crippen LogP contribution in [0.15, 0.2) is 60.9 Å². The number of aromatic amines is 2. The Hall–Kier alpha value is -4.31. The average Bonchev–Trinajstić information content (AvgIpc) is 3.60. The van der Waals surface area contributed by atoms with Crippen LogP contribution in [-0.4, -0.2) is 69.0 Å². The number of rotatable bonds is 10. The Bertz CT molecular complexity index is 1580. The van der Waals surface area contributed by atoms with Gasteiger partial charge >= 0.3 is 0 Å². The van der Waals surface area contributed by atoms with Crippen molar-refractivity contribution in [1.29, 1.82) is 0 Å². The highest BCUT2D eigenvalue weighted by molar-refractivity contribution is 6.27. The molecule has 6 N–H and O–H groups in total. The van der Waals surface area contributed by atoms with E-state index in [-0.39, 0.29) is 24.6 Å². The fraction of sp³-hybridized carbons (Fsp3) is 0.333. The largest absolute Gasteiger partial charge is 0.368 e. The van der Waals surface area contributed by atoms with Gasteiger partial charge in [0.1, 0.15) is 24.0 Å². The van der Waals surface area contributed by atoms with Crippen molar-refractivity contribution in [2.45, 2.75) is 50.2 Å². The maximum atomic E-state index is 13.9. The van der Waals surface area contributed by atoms with Crippen molar-refractivity contribution in [1.82, 2.24) is 25.5 Å². The number of nitrogens with zero attached hydrogens (tertiary/aromatic N) is 1. The number of nitrogens with two attached hydrogens (primary N) is 1. The van der Waals surface area contributed by atoms with Gasteiger partial charge in [0, 0.05) is 53.6 Å². The molecule has 10 nitrogen and oxygen atoms in total. The fourth-order valence-electron chi connectivity index (χ4n) is 5.63. The molecule has 0 spiro atoms. The molecule has 3 atom stereocenters. The number of alkyl halides is 1. The molecule has 5 rings (SSSR count). The molecule has 1 aliphatic heterocycles. The molecule has 4 amide bonds. The number of primary amides is 1. The van der Waals surface area contributed by atoms with Gasteiger partial charge < -0.3 is 31.2 Å². The summed E-state index contributed by atoms with van der Waals surface area (Å²) >= 11 is 5.77. The number of amides is 4. The van der Waals surface area contributed by atoms with E-state index in [0.717, 1.165) is 39.4 Å². The SMILES string of the molecule is NC(=O)[C@H](Cc1c[nH]c2ccccc12)NC(=O)[C@@H]1CCCCN1C(=O)[C@H](Cc1c[nH]c2ccccc12)NC(=O)CCl. The molecule has 3 heterocycles. The molecule has 41 heavy (non-hydrogen) atoms. The maximum Gasteiger partial charge on any atom is 0.246 e. The summed E-state index contributed by atoms with van der Waals surface area (Å²) in [5, 5.41) is 7.43. The minimum atomic E-state index is -0.960. The van der Waals surface area contributed by atoms with E-state index in [4.69, 9.17) is 17.3 Å². The molecular formula is C30H33ClN6O4. The number of hydrogen-bond acceptors (Lipinski definition) is 4. The smallest absolute Gasteiger partial charge is 0.246 e. The monoisotopic (exact) mass is 576 g/mol. The average molecular weight is 577 g/mol. The highest BCUT2D eigenvalue weighted by Crippen LogP contribution is 2.24. The van der Waals surface area contributed by atoms with Crippen LogP contribution in [0, 0.1) is 0 Å². The third kappa shape index (κ3) is 6.22. The molecular weight excluding hydrogens is 544 g/mol. The Morgan fingerprint density at radius 3 is 2.05 bits per heavy atom. The number of fused-ring (bicyclic) bond motifs is 2. The Morgan fingerprint density at radius 1 is 0.878 bits per heavy atom. The normalized spacial score (nSPS) is 16.8. The fourth-order valence-corrected chi connectivity index (χ4v) is 5.71. The van der Waals surface area contributed by atoms with Crippen LogP contribution in [0.25, 0.3) is 21.8 Å². The minimum Gasteiger partial charge on any atom is -0.368 e. The summed E-state index contributed by atoms with van der Waals surface area (Å²) in [6.07, 6.45) is 5.94. The van der Waals surface area contributed by atoms with E-state index in [1.807, 2.05) is 54.7 Å². The molecule has 1 aliphatic rings. The van der Waals surface area contributed by atoms with Gasteiger partial charge in [-0.2, -0.15) is 0 Å². The van der Waals surface area contributed by atoms with E-state index in [1.165, 1.54) is 4.90 Å². The molecule has 0 aliphatic carbocycles. The minimum absolute atomic E-state index is 0.209. The third-order valence-corrected chi connectivity index (χ3v) is 7.94. The van der Waals surface area contributed by atoms with Gasteiger partial charge in [0.15, 0.2) is 0 Å². The van der Waals surface area contributed by atoms with Gasteiger partial charge in [-0.05, 0) is 42.5 Å². The standard InChI is InChI=1S/C30H33ClN6O4/c31-15-27(38)35-25(14-19-17-34-23-10-4-2-8-21(19)23)30(41)37-12-6-5-11-26(37)29(40)36-24(28(32)39)13-18-16-33-22-9-3-1-7-20(18)22/h1-4,7-10,16-17,24-26,33-34H,5-6,11-15H2,(H2,32,39)(H,35,38)(H,36,40)/t24-,25-,26-/m0/s1. The van der Waals surface area contributed by atoms with Crippen LogP contribution >= 0.6 is 11.6 Å². The second kappa shape index (κ2) is 12.5. The highest BCUT2D eigenvalue weighted by Gasteiger charge is 2.37. The lowest BCUT2D eigenvalue weighted by molar-refractivity contribution is -0.145. The number of benzene rings is 2. The summed E-state index contributed by atoms with van der Waals surface area (Å²) in [4.78, 5) is 60.1. The van der Waals surface area contributed by atoms with E-state index in [1.54, 1.807) is 6.20 Å². The van der Waals surface area contributed by atoms with E-state index in [9.17, 15) is 19.2 Å². The Morgan fingerprint density at radius 2 is 1.46 bits per heavy atom. The van der Waals surface area contributed by atoms with Gasteiger partial charge in [0.05, 0.1) is 0 Å². The lowest BCUT2D eigenvalue weighted by atomic mass is 9.97. The number of piperidine rings is 1. The number of hydrogen-bond donors (Lipinski definition) is 5. The van der Waals surface area contributed by atoms with Gasteiger partial charge in [-0.3, -0.25) is 19.2 Å². The van der Waals surface area contributed by atoms with Crippen molar-refractivity contribution in [3.63, 3.8) is 0 Å². The number of aromatic nitrogens is 2. The second-order valence-electron chi connectivity index (χ2n) is 10.4. The van der Waals surface area contributed by atoms with Crippen molar-refractivity contribution in [2.24, 2.45) is 5.73 Å². The summed E-state index contributed by atoms with van der Waals surface area (Å²) < 4.78 is 0. The first kappa shape index (κ1) is 28.2. The van der Waals surface area contributed by atoms with Crippen LogP contribution in [-0.2, 0) is 32.0 Å². The summed E-state index contributed by atoms with van der Waals surface area (Å²) in [5.74, 6) is -2.26. The van der Waals surface area contributed by atoms with E-state index in [2.05, 4.69) is 20.6 Å². The lowest BCUT2D eigenvalue weighted by Gasteiger charge is -2.37. The number of para-hydroxylation sites is 2.